The van der Waals surface area contributed by atoms with E-state index in [0.717, 1.165) is 31.4 Å². The van der Waals surface area contributed by atoms with Crippen molar-refractivity contribution in [2.24, 2.45) is 11.3 Å². The molecular formula is C15H17N5O. The highest BCUT2D eigenvalue weighted by Gasteiger charge is 2.57. The molecule has 2 aliphatic rings. The summed E-state index contributed by atoms with van der Waals surface area (Å²) in [5.41, 5.74) is 1.12. The van der Waals surface area contributed by atoms with Crippen molar-refractivity contribution in [3.8, 4) is 0 Å². The van der Waals surface area contributed by atoms with Crippen LogP contribution in [0.2, 0.25) is 0 Å². The molecule has 0 radical (unpaired) electrons. The van der Waals surface area contributed by atoms with Gasteiger partial charge in [0.25, 0.3) is 5.56 Å². The third kappa shape index (κ3) is 1.71. The lowest BCUT2D eigenvalue weighted by molar-refractivity contribution is 0.573. The van der Waals surface area contributed by atoms with Crippen LogP contribution < -0.4 is 11.0 Å². The molecule has 6 nitrogen and oxygen atoms in total. The zero-order valence-electron chi connectivity index (χ0n) is 11.9. The van der Waals surface area contributed by atoms with E-state index in [1.165, 1.54) is 4.57 Å². The average molecular weight is 283 g/mol. The molecule has 6 heteroatoms. The van der Waals surface area contributed by atoms with Crippen molar-refractivity contribution >= 4 is 17.0 Å². The molecule has 0 aromatic carbocycles. The fourth-order valence-electron chi connectivity index (χ4n) is 3.25. The molecule has 2 heterocycles. The maximum atomic E-state index is 12.0. The van der Waals surface area contributed by atoms with Crippen LogP contribution in [0.1, 0.15) is 31.4 Å². The van der Waals surface area contributed by atoms with Gasteiger partial charge in [-0.05, 0) is 50.7 Å². The molecule has 2 aromatic rings. The molecule has 2 saturated carbocycles. The van der Waals surface area contributed by atoms with Gasteiger partial charge in [-0.15, -0.1) is 0 Å². The number of hydrogen-bond acceptors (Lipinski definition) is 4. The minimum absolute atomic E-state index is 0.118. The molecule has 3 N–H and O–H groups in total. The summed E-state index contributed by atoms with van der Waals surface area (Å²) in [6.45, 7) is 1.87. The van der Waals surface area contributed by atoms with Crippen molar-refractivity contribution in [2.45, 2.75) is 32.6 Å². The molecule has 0 spiro atoms. The van der Waals surface area contributed by atoms with Crippen LogP contribution >= 0.6 is 0 Å². The summed E-state index contributed by atoms with van der Waals surface area (Å²) in [5.74, 6) is 0.931. The summed E-state index contributed by atoms with van der Waals surface area (Å²) in [5, 5.41) is 16.7. The van der Waals surface area contributed by atoms with E-state index in [2.05, 4.69) is 9.97 Å². The Balaban J connectivity index is 2.01. The van der Waals surface area contributed by atoms with Gasteiger partial charge in [0.15, 0.2) is 11.1 Å². The van der Waals surface area contributed by atoms with Crippen molar-refractivity contribution in [3.63, 3.8) is 0 Å². The van der Waals surface area contributed by atoms with Gasteiger partial charge < -0.3 is 4.98 Å². The number of nitrogens with zero attached hydrogens (tertiary/aromatic N) is 2. The molecule has 0 atom stereocenters. The fourth-order valence-corrected chi connectivity index (χ4v) is 3.25. The molecule has 2 aromatic heterocycles. The topological polar surface area (TPSA) is 98.4 Å². The molecule has 0 amide bonds. The predicted octanol–water partition coefficient (Wildman–Crippen LogP) is 1.53. The largest absolute Gasteiger partial charge is 0.316 e. The summed E-state index contributed by atoms with van der Waals surface area (Å²) in [6, 6.07) is 3.61. The van der Waals surface area contributed by atoms with Crippen LogP contribution in [0.3, 0.4) is 0 Å². The molecule has 21 heavy (non-hydrogen) atoms. The van der Waals surface area contributed by atoms with Crippen LogP contribution in [-0.4, -0.2) is 20.4 Å². The first kappa shape index (κ1) is 12.5. The fraction of sp³-hybridized carbons (Fsp3) is 0.467. The number of aromatic amines is 1. The second-order valence-electron chi connectivity index (χ2n) is 6.24. The Morgan fingerprint density at radius 2 is 2.14 bits per heavy atom. The van der Waals surface area contributed by atoms with Gasteiger partial charge in [0.2, 0.25) is 0 Å². The minimum Gasteiger partial charge on any atom is -0.316 e. The normalized spacial score (nSPS) is 19.7. The molecule has 0 unspecified atom stereocenters. The summed E-state index contributed by atoms with van der Waals surface area (Å²) >= 11 is 0. The number of rotatable bonds is 2. The highest BCUT2D eigenvalue weighted by atomic mass is 16.1. The maximum Gasteiger partial charge on any atom is 0.291 e. The second-order valence-corrected chi connectivity index (χ2v) is 6.24. The Morgan fingerprint density at radius 1 is 1.43 bits per heavy atom. The zero-order chi connectivity index (χ0) is 14.8. The molecule has 0 aliphatic heterocycles. The minimum atomic E-state index is -0.468. The Hall–Kier alpha value is -2.24. The highest BCUT2D eigenvalue weighted by Crippen LogP contribution is 2.62. The van der Waals surface area contributed by atoms with Crippen LogP contribution in [0, 0.1) is 29.1 Å². The summed E-state index contributed by atoms with van der Waals surface area (Å²) < 4.78 is 1.45. The lowest BCUT2D eigenvalue weighted by atomic mass is 9.98. The van der Waals surface area contributed by atoms with E-state index in [0.29, 0.717) is 22.9 Å². The van der Waals surface area contributed by atoms with E-state index in [4.69, 9.17) is 10.8 Å². The molecule has 2 fully saturated rings. The second kappa shape index (κ2) is 3.90. The number of nitrogens with one attached hydrogen (secondary N) is 3. The Kier molecular flexibility index (Phi) is 2.32. The van der Waals surface area contributed by atoms with Gasteiger partial charge in [-0.3, -0.25) is 20.2 Å². The molecule has 2 aliphatic carbocycles. The van der Waals surface area contributed by atoms with Gasteiger partial charge in [0, 0.05) is 11.1 Å². The Labute approximate surface area is 120 Å². The van der Waals surface area contributed by atoms with Crippen molar-refractivity contribution in [2.75, 3.05) is 0 Å². The van der Waals surface area contributed by atoms with Crippen molar-refractivity contribution in [1.82, 2.24) is 14.5 Å². The first-order valence-corrected chi connectivity index (χ1v) is 7.30. The van der Waals surface area contributed by atoms with Crippen LogP contribution in [0.25, 0.3) is 11.2 Å². The number of H-pyrrole nitrogens is 1. The number of fused-ring (bicyclic) bond motifs is 1. The third-order valence-corrected chi connectivity index (χ3v) is 4.76. The van der Waals surface area contributed by atoms with Crippen molar-refractivity contribution in [3.05, 3.63) is 33.7 Å². The van der Waals surface area contributed by atoms with E-state index in [9.17, 15) is 4.79 Å². The highest BCUT2D eigenvalue weighted by molar-refractivity contribution is 5.95. The smallest absolute Gasteiger partial charge is 0.291 e. The van der Waals surface area contributed by atoms with E-state index in [1.807, 2.05) is 13.0 Å². The number of aryl methyl sites for hydroxylation is 1. The molecule has 0 saturated heterocycles. The number of hydrogen-bond donors (Lipinski definition) is 3. The number of pyridine rings is 1. The molecule has 0 bridgehead atoms. The Bertz CT molecular complexity index is 883. The van der Waals surface area contributed by atoms with E-state index < -0.39 is 5.56 Å². The van der Waals surface area contributed by atoms with Crippen molar-refractivity contribution in [1.29, 1.82) is 10.8 Å². The molecular weight excluding hydrogens is 266 g/mol. The van der Waals surface area contributed by atoms with Crippen LogP contribution in [0.4, 0.5) is 0 Å². The summed E-state index contributed by atoms with van der Waals surface area (Å²) in [7, 11) is 0. The third-order valence-electron chi connectivity index (χ3n) is 4.76. The lowest BCUT2D eigenvalue weighted by Gasteiger charge is -2.19. The summed E-state index contributed by atoms with van der Waals surface area (Å²) in [4.78, 5) is 19.1. The van der Waals surface area contributed by atoms with Gasteiger partial charge >= 0.3 is 0 Å². The van der Waals surface area contributed by atoms with E-state index >= 15 is 0 Å². The monoisotopic (exact) mass is 283 g/mol. The molecule has 4 rings (SSSR count). The zero-order valence-corrected chi connectivity index (χ0v) is 11.9. The molecule has 108 valence electrons. The summed E-state index contributed by atoms with van der Waals surface area (Å²) in [6.07, 6.45) is 4.29. The standard InChI is InChI=1S/C15H17N5O/c1-8-2-5-10-12(18-8)20(11(16)13(21)19-10)14(17)15(6-7-15)9-3-4-9/h2,5,9,16-17H,3-4,6-7H2,1H3,(H,19,21). The van der Waals surface area contributed by atoms with Crippen LogP contribution in [0.5, 0.6) is 0 Å². The van der Waals surface area contributed by atoms with E-state index in [1.54, 1.807) is 6.07 Å². The first-order chi connectivity index (χ1) is 10.0. The van der Waals surface area contributed by atoms with E-state index in [-0.39, 0.29) is 10.9 Å². The first-order valence-electron chi connectivity index (χ1n) is 7.30. The van der Waals surface area contributed by atoms with Gasteiger partial charge in [-0.2, -0.15) is 0 Å². The SMILES string of the molecule is Cc1ccc2[nH]c(=O)c(=N)n(C(=N)C3(C4CC4)CC3)c2n1. The maximum absolute atomic E-state index is 12.0. The van der Waals surface area contributed by atoms with Crippen LogP contribution in [-0.2, 0) is 0 Å². The predicted molar refractivity (Wildman–Crippen MR) is 78.5 cm³/mol. The quantitative estimate of drug-likeness (QED) is 0.575. The van der Waals surface area contributed by atoms with Gasteiger partial charge in [-0.1, -0.05) is 0 Å². The number of aromatic nitrogens is 3. The van der Waals surface area contributed by atoms with Gasteiger partial charge in [0.1, 0.15) is 5.84 Å². The lowest BCUT2D eigenvalue weighted by Crippen LogP contribution is -2.43. The van der Waals surface area contributed by atoms with Crippen LogP contribution in [0.15, 0.2) is 16.9 Å². The average Bonchev–Trinajstić information content (AvgIpc) is 3.32. The van der Waals surface area contributed by atoms with Gasteiger partial charge in [0.05, 0.1) is 5.52 Å². The van der Waals surface area contributed by atoms with Crippen molar-refractivity contribution < 1.29 is 0 Å². The van der Waals surface area contributed by atoms with Gasteiger partial charge in [-0.25, -0.2) is 4.98 Å². The Morgan fingerprint density at radius 3 is 2.76 bits per heavy atom.